The van der Waals surface area contributed by atoms with E-state index >= 15 is 0 Å². The van der Waals surface area contributed by atoms with E-state index in [-0.39, 0.29) is 5.91 Å². The predicted octanol–water partition coefficient (Wildman–Crippen LogP) is -0.721. The summed E-state index contributed by atoms with van der Waals surface area (Å²) in [5.74, 6) is -0.192. The Morgan fingerprint density at radius 2 is 2.08 bits per heavy atom. The highest BCUT2D eigenvalue weighted by Crippen LogP contribution is 2.09. The lowest BCUT2D eigenvalue weighted by molar-refractivity contribution is -0.457. The summed E-state index contributed by atoms with van der Waals surface area (Å²) < 4.78 is 5.37. The van der Waals surface area contributed by atoms with Crippen molar-refractivity contribution >= 4 is 17.3 Å². The number of anilines is 1. The van der Waals surface area contributed by atoms with Crippen molar-refractivity contribution in [2.75, 3.05) is 51.3 Å². The van der Waals surface area contributed by atoms with Crippen LogP contribution >= 0.6 is 0 Å². The molecule has 0 aromatic heterocycles. The molecule has 1 fully saturated rings. The highest BCUT2D eigenvalue weighted by molar-refractivity contribution is 6.46. The zero-order valence-corrected chi connectivity index (χ0v) is 15.5. The van der Waals surface area contributed by atoms with Crippen LogP contribution < -0.4 is 21.4 Å². The minimum atomic E-state index is -0.192. The molecule has 142 valence electrons. The van der Waals surface area contributed by atoms with E-state index in [1.54, 1.807) is 0 Å². The average molecular weight is 360 g/mol. The van der Waals surface area contributed by atoms with Crippen molar-refractivity contribution in [3.63, 3.8) is 0 Å². The molecule has 5 N–H and O–H groups in total. The Balaban J connectivity index is 2.13. The highest BCUT2D eigenvalue weighted by Gasteiger charge is 2.28. The van der Waals surface area contributed by atoms with Gasteiger partial charge >= 0.3 is 5.91 Å². The van der Waals surface area contributed by atoms with Gasteiger partial charge < -0.3 is 26.0 Å². The molecular weight excluding hydrogens is 330 g/mol. The van der Waals surface area contributed by atoms with Gasteiger partial charge in [0.05, 0.1) is 6.61 Å². The van der Waals surface area contributed by atoms with E-state index in [4.69, 9.17) is 10.5 Å². The van der Waals surface area contributed by atoms with Crippen LogP contribution in [0.25, 0.3) is 0 Å². The lowest BCUT2D eigenvalue weighted by Gasteiger charge is -2.29. The summed E-state index contributed by atoms with van der Waals surface area (Å²) in [7, 11) is 0. The minimum absolute atomic E-state index is 0.192. The number of nitrogens with zero attached hydrogens (tertiary/aromatic N) is 1. The van der Waals surface area contributed by atoms with E-state index in [1.165, 1.54) is 6.20 Å². The third kappa shape index (κ3) is 6.16. The largest absolute Gasteiger partial charge is 0.403 e. The maximum atomic E-state index is 12.9. The molecule has 0 atom stereocenters. The first-order valence-electron chi connectivity index (χ1n) is 9.19. The van der Waals surface area contributed by atoms with E-state index < -0.39 is 0 Å². The maximum Gasteiger partial charge on any atom is 0.322 e. The molecule has 0 unspecified atom stereocenters. The molecule has 1 aliphatic rings. The van der Waals surface area contributed by atoms with E-state index in [0.717, 1.165) is 44.0 Å². The summed E-state index contributed by atoms with van der Waals surface area (Å²) in [4.78, 5) is 18.3. The summed E-state index contributed by atoms with van der Waals surface area (Å²) >= 11 is 0. The van der Waals surface area contributed by atoms with Crippen molar-refractivity contribution in [2.45, 2.75) is 13.3 Å². The monoisotopic (exact) mass is 360 g/mol. The maximum absolute atomic E-state index is 12.9. The second-order valence-corrected chi connectivity index (χ2v) is 5.96. The van der Waals surface area contributed by atoms with Crippen LogP contribution in [0.1, 0.15) is 13.3 Å². The molecule has 1 amide bonds. The van der Waals surface area contributed by atoms with Gasteiger partial charge in [-0.3, -0.25) is 4.79 Å². The Labute approximate surface area is 155 Å². The van der Waals surface area contributed by atoms with Gasteiger partial charge in [-0.15, -0.1) is 0 Å². The van der Waals surface area contributed by atoms with Crippen LogP contribution in [0, 0.1) is 0 Å². The van der Waals surface area contributed by atoms with Gasteiger partial charge in [-0.1, -0.05) is 18.2 Å². The van der Waals surface area contributed by atoms with Gasteiger partial charge in [0, 0.05) is 51.1 Å². The van der Waals surface area contributed by atoms with Crippen LogP contribution in [0.5, 0.6) is 0 Å². The van der Waals surface area contributed by atoms with Crippen molar-refractivity contribution in [1.29, 1.82) is 0 Å². The Kier molecular flexibility index (Phi) is 8.65. The quantitative estimate of drug-likeness (QED) is 0.344. The number of piperazine rings is 1. The summed E-state index contributed by atoms with van der Waals surface area (Å²) in [6.07, 6.45) is 2.33. The van der Waals surface area contributed by atoms with Crippen LogP contribution in [-0.4, -0.2) is 62.5 Å². The number of rotatable bonds is 9. The van der Waals surface area contributed by atoms with Gasteiger partial charge in [0.15, 0.2) is 0 Å². The number of amides is 1. The second-order valence-electron chi connectivity index (χ2n) is 5.96. The fourth-order valence-corrected chi connectivity index (χ4v) is 2.79. The Bertz CT molecular complexity index is 610. The standard InChI is InChI=1S/C19H29N5O2/c1-2-26-14-6-9-22-18(17(15-20)24-12-10-21-11-13-24)19(25)23-16-7-4-3-5-8-16/h3-5,7-8,15,21H,2,6,9-14,20H2,1H3,(H,23,25)/p+1. The van der Waals surface area contributed by atoms with Crippen molar-refractivity contribution in [3.8, 4) is 0 Å². The van der Waals surface area contributed by atoms with Crippen LogP contribution in [0.2, 0.25) is 0 Å². The number of nitrogens with one attached hydrogen (secondary N) is 3. The fourth-order valence-electron chi connectivity index (χ4n) is 2.79. The SMILES string of the molecule is CCOCCC[NH+]=C(C(=O)Nc1ccccc1)C(=CN)N1CCNCC1. The zero-order chi connectivity index (χ0) is 18.6. The number of hydrogen-bond donors (Lipinski definition) is 4. The molecule has 0 spiro atoms. The first-order chi connectivity index (χ1) is 12.8. The lowest BCUT2D eigenvalue weighted by atomic mass is 10.2. The molecule has 1 saturated heterocycles. The van der Waals surface area contributed by atoms with Gasteiger partial charge in [-0.2, -0.15) is 0 Å². The van der Waals surface area contributed by atoms with Crippen molar-refractivity contribution in [2.24, 2.45) is 5.73 Å². The molecule has 7 heteroatoms. The molecule has 7 nitrogen and oxygen atoms in total. The third-order valence-electron chi connectivity index (χ3n) is 4.10. The van der Waals surface area contributed by atoms with Gasteiger partial charge in [0.25, 0.3) is 5.71 Å². The number of ether oxygens (including phenoxy) is 1. The number of para-hydroxylation sites is 1. The molecule has 1 aliphatic heterocycles. The van der Waals surface area contributed by atoms with Crippen LogP contribution in [-0.2, 0) is 9.53 Å². The number of nitrogens with two attached hydrogens (primary N) is 1. The normalized spacial score (nSPS) is 15.8. The van der Waals surface area contributed by atoms with E-state index in [0.29, 0.717) is 25.5 Å². The molecular formula is C19H30N5O2+. The summed E-state index contributed by atoms with van der Waals surface area (Å²) in [6.45, 7) is 7.33. The molecule has 1 heterocycles. The van der Waals surface area contributed by atoms with Crippen molar-refractivity contribution in [3.05, 3.63) is 42.2 Å². The second kappa shape index (κ2) is 11.3. The molecule has 2 rings (SSSR count). The molecule has 0 radical (unpaired) electrons. The van der Waals surface area contributed by atoms with Gasteiger partial charge in [0.2, 0.25) is 0 Å². The minimum Gasteiger partial charge on any atom is -0.403 e. The Hall–Kier alpha value is -2.38. The van der Waals surface area contributed by atoms with Crippen LogP contribution in [0.3, 0.4) is 0 Å². The number of carbonyl (C=O) groups is 1. The van der Waals surface area contributed by atoms with Crippen LogP contribution in [0.15, 0.2) is 42.2 Å². The lowest BCUT2D eigenvalue weighted by Crippen LogP contribution is -2.77. The molecule has 0 bridgehead atoms. The molecule has 26 heavy (non-hydrogen) atoms. The molecule has 0 saturated carbocycles. The van der Waals surface area contributed by atoms with E-state index in [2.05, 4.69) is 20.5 Å². The van der Waals surface area contributed by atoms with Gasteiger partial charge in [-0.25, -0.2) is 4.99 Å². The number of carbonyl (C=O) groups excluding carboxylic acids is 1. The molecule has 1 aromatic carbocycles. The average Bonchev–Trinajstić information content (AvgIpc) is 2.68. The Morgan fingerprint density at radius 3 is 2.73 bits per heavy atom. The summed E-state index contributed by atoms with van der Waals surface area (Å²) in [5, 5.41) is 6.25. The third-order valence-corrected chi connectivity index (χ3v) is 4.10. The van der Waals surface area contributed by atoms with Crippen LogP contribution in [0.4, 0.5) is 5.69 Å². The Morgan fingerprint density at radius 1 is 1.35 bits per heavy atom. The molecule has 1 aromatic rings. The predicted molar refractivity (Wildman–Crippen MR) is 104 cm³/mol. The van der Waals surface area contributed by atoms with E-state index in [9.17, 15) is 4.79 Å². The van der Waals surface area contributed by atoms with Crippen molar-refractivity contribution in [1.82, 2.24) is 10.2 Å². The topological polar surface area (TPSA) is 93.6 Å². The fraction of sp³-hybridized carbons (Fsp3) is 0.474. The summed E-state index contributed by atoms with van der Waals surface area (Å²) in [5.41, 5.74) is 7.88. The first kappa shape index (κ1) is 19.9. The number of benzene rings is 1. The first-order valence-corrected chi connectivity index (χ1v) is 9.19. The number of hydrogen-bond acceptors (Lipinski definition) is 5. The van der Waals surface area contributed by atoms with Crippen molar-refractivity contribution < 1.29 is 14.5 Å². The van der Waals surface area contributed by atoms with Gasteiger partial charge in [0.1, 0.15) is 12.2 Å². The zero-order valence-electron chi connectivity index (χ0n) is 15.5. The molecule has 0 aliphatic carbocycles. The smallest absolute Gasteiger partial charge is 0.322 e. The van der Waals surface area contributed by atoms with E-state index in [1.807, 2.05) is 37.3 Å². The summed E-state index contributed by atoms with van der Waals surface area (Å²) in [6, 6.07) is 9.42. The van der Waals surface area contributed by atoms with Gasteiger partial charge in [-0.05, 0) is 19.1 Å². The highest BCUT2D eigenvalue weighted by atomic mass is 16.5.